The number of oxime groups is 1. The van der Waals surface area contributed by atoms with E-state index in [1.807, 2.05) is 0 Å². The molecule has 0 radical (unpaired) electrons. The van der Waals surface area contributed by atoms with Gasteiger partial charge in [0.05, 0.1) is 12.5 Å². The zero-order valence-corrected chi connectivity index (χ0v) is 12.2. The maximum Gasteiger partial charge on any atom is 0.391 e. The molecule has 1 amide bonds. The summed E-state index contributed by atoms with van der Waals surface area (Å²) in [6, 6.07) is -0.232. The van der Waals surface area contributed by atoms with Crippen molar-refractivity contribution in [3.05, 3.63) is 0 Å². The number of carbonyl (C=O) groups is 1. The van der Waals surface area contributed by atoms with E-state index in [0.717, 1.165) is 0 Å². The van der Waals surface area contributed by atoms with Crippen molar-refractivity contribution in [3.8, 4) is 0 Å². The fourth-order valence-electron chi connectivity index (χ4n) is 2.67. The largest absolute Gasteiger partial charge is 0.409 e. The quantitative estimate of drug-likeness (QED) is 0.362. The van der Waals surface area contributed by atoms with Crippen molar-refractivity contribution in [2.24, 2.45) is 22.7 Å². The van der Waals surface area contributed by atoms with Crippen LogP contribution in [0.25, 0.3) is 0 Å². The molecule has 2 unspecified atom stereocenters. The Balaban J connectivity index is 2.79. The molecule has 21 heavy (non-hydrogen) atoms. The van der Waals surface area contributed by atoms with E-state index in [0.29, 0.717) is 12.8 Å². The average molecular weight is 309 g/mol. The molecule has 0 bridgehead atoms. The maximum atomic E-state index is 12.8. The van der Waals surface area contributed by atoms with Gasteiger partial charge in [-0.3, -0.25) is 4.79 Å². The highest BCUT2D eigenvalue weighted by molar-refractivity contribution is 5.88. The maximum absolute atomic E-state index is 12.8. The molecular formula is C13H22F3N3O2. The summed E-state index contributed by atoms with van der Waals surface area (Å²) in [7, 11) is 0. The number of amides is 1. The second-order valence-corrected chi connectivity index (χ2v) is 5.75. The molecule has 5 nitrogen and oxygen atoms in total. The zero-order chi connectivity index (χ0) is 16.2. The molecule has 0 spiro atoms. The summed E-state index contributed by atoms with van der Waals surface area (Å²) < 4.78 is 38.4. The minimum absolute atomic E-state index is 0.0786. The van der Waals surface area contributed by atoms with E-state index < -0.39 is 18.0 Å². The number of carbonyl (C=O) groups excluding carboxylic acids is 1. The van der Waals surface area contributed by atoms with Gasteiger partial charge in [0, 0.05) is 12.0 Å². The topological polar surface area (TPSA) is 78.9 Å². The Kier molecular flexibility index (Phi) is 5.86. The Morgan fingerprint density at radius 2 is 2.05 bits per heavy atom. The first-order valence-electron chi connectivity index (χ1n) is 7.00. The first kappa shape index (κ1) is 17.6. The van der Waals surface area contributed by atoms with Crippen molar-refractivity contribution in [1.29, 1.82) is 0 Å². The second-order valence-electron chi connectivity index (χ2n) is 5.75. The van der Waals surface area contributed by atoms with Crippen LogP contribution in [0, 0.1) is 11.8 Å². The van der Waals surface area contributed by atoms with Gasteiger partial charge in [0.25, 0.3) is 0 Å². The molecule has 0 saturated heterocycles. The minimum Gasteiger partial charge on any atom is -0.409 e. The lowest BCUT2D eigenvalue weighted by molar-refractivity contribution is -0.187. The summed E-state index contributed by atoms with van der Waals surface area (Å²) in [5.41, 5.74) is 5.40. The normalized spacial score (nSPS) is 24.2. The van der Waals surface area contributed by atoms with Crippen LogP contribution in [0.3, 0.4) is 0 Å². The van der Waals surface area contributed by atoms with E-state index in [1.54, 1.807) is 13.8 Å². The molecule has 122 valence electrons. The predicted octanol–water partition coefficient (Wildman–Crippen LogP) is 2.34. The van der Waals surface area contributed by atoms with E-state index in [-0.39, 0.29) is 37.2 Å². The van der Waals surface area contributed by atoms with Gasteiger partial charge in [0.1, 0.15) is 0 Å². The molecule has 2 atom stereocenters. The number of hydrogen-bond donors (Lipinski definition) is 2. The molecule has 8 heteroatoms. The highest BCUT2D eigenvalue weighted by atomic mass is 19.4. The van der Waals surface area contributed by atoms with Gasteiger partial charge in [-0.05, 0) is 33.1 Å². The van der Waals surface area contributed by atoms with E-state index in [4.69, 9.17) is 10.9 Å². The highest BCUT2D eigenvalue weighted by Gasteiger charge is 2.44. The third-order valence-corrected chi connectivity index (χ3v) is 3.85. The van der Waals surface area contributed by atoms with Crippen LogP contribution in [0.2, 0.25) is 0 Å². The van der Waals surface area contributed by atoms with Crippen LogP contribution in [0.4, 0.5) is 13.2 Å². The van der Waals surface area contributed by atoms with Gasteiger partial charge < -0.3 is 15.8 Å². The van der Waals surface area contributed by atoms with Crippen molar-refractivity contribution in [1.82, 2.24) is 4.90 Å². The Morgan fingerprint density at radius 3 is 2.52 bits per heavy atom. The minimum atomic E-state index is -4.26. The summed E-state index contributed by atoms with van der Waals surface area (Å²) in [6.45, 7) is 3.40. The summed E-state index contributed by atoms with van der Waals surface area (Å²) in [4.78, 5) is 13.8. The Labute approximate surface area is 122 Å². The molecule has 0 aliphatic heterocycles. The van der Waals surface area contributed by atoms with Gasteiger partial charge in [0.2, 0.25) is 5.91 Å². The summed E-state index contributed by atoms with van der Waals surface area (Å²) in [5.74, 6) is -2.57. The summed E-state index contributed by atoms with van der Waals surface area (Å²) in [6.07, 6.45) is -3.52. The third-order valence-electron chi connectivity index (χ3n) is 3.85. The average Bonchev–Trinajstić information content (AvgIpc) is 2.42. The molecule has 1 rings (SSSR count). The van der Waals surface area contributed by atoms with E-state index in [9.17, 15) is 18.0 Å². The number of amidine groups is 1. The fourth-order valence-corrected chi connectivity index (χ4v) is 2.67. The van der Waals surface area contributed by atoms with Crippen molar-refractivity contribution in [3.63, 3.8) is 0 Å². The van der Waals surface area contributed by atoms with E-state index in [2.05, 4.69) is 5.16 Å². The Bertz CT molecular complexity index is 397. The van der Waals surface area contributed by atoms with Crippen molar-refractivity contribution in [2.45, 2.75) is 51.7 Å². The number of hydrogen-bond acceptors (Lipinski definition) is 3. The van der Waals surface area contributed by atoms with Gasteiger partial charge in [0.15, 0.2) is 5.84 Å². The lowest BCUT2D eigenvalue weighted by atomic mass is 9.80. The van der Waals surface area contributed by atoms with Crippen LogP contribution in [-0.2, 0) is 4.79 Å². The second kappa shape index (κ2) is 7.00. The zero-order valence-electron chi connectivity index (χ0n) is 12.2. The van der Waals surface area contributed by atoms with Gasteiger partial charge in [-0.2, -0.15) is 13.2 Å². The van der Waals surface area contributed by atoms with Crippen LogP contribution < -0.4 is 5.73 Å². The molecule has 1 saturated carbocycles. The smallest absolute Gasteiger partial charge is 0.391 e. The van der Waals surface area contributed by atoms with Gasteiger partial charge in [-0.1, -0.05) is 11.6 Å². The van der Waals surface area contributed by atoms with Crippen molar-refractivity contribution >= 4 is 11.7 Å². The lowest BCUT2D eigenvalue weighted by Crippen LogP contribution is -2.47. The van der Waals surface area contributed by atoms with Crippen LogP contribution in [0.5, 0.6) is 0 Å². The monoisotopic (exact) mass is 309 g/mol. The number of rotatable bonds is 4. The van der Waals surface area contributed by atoms with Crippen LogP contribution in [0.1, 0.15) is 39.5 Å². The molecule has 1 aliphatic carbocycles. The molecular weight excluding hydrogens is 287 g/mol. The Hall–Kier alpha value is -1.47. The van der Waals surface area contributed by atoms with Crippen molar-refractivity contribution in [2.75, 3.05) is 6.54 Å². The number of nitrogens with zero attached hydrogens (tertiary/aromatic N) is 2. The van der Waals surface area contributed by atoms with Crippen LogP contribution in [-0.4, -0.2) is 40.6 Å². The predicted molar refractivity (Wildman–Crippen MR) is 71.8 cm³/mol. The molecule has 1 fully saturated rings. The van der Waals surface area contributed by atoms with Gasteiger partial charge in [-0.25, -0.2) is 0 Å². The van der Waals surface area contributed by atoms with Gasteiger partial charge in [-0.15, -0.1) is 0 Å². The van der Waals surface area contributed by atoms with Gasteiger partial charge >= 0.3 is 6.18 Å². The van der Waals surface area contributed by atoms with E-state index in [1.165, 1.54) is 4.90 Å². The lowest BCUT2D eigenvalue weighted by Gasteiger charge is -2.35. The standard InChI is InChI=1S/C13H22F3N3O2/c1-8(2)19(7-11(17)18-21)12(20)9-4-3-5-10(6-9)13(14,15)16/h8-10,21H,3-7H2,1-2H3,(H2,17,18). The first-order valence-corrected chi connectivity index (χ1v) is 7.00. The molecule has 0 aromatic rings. The third kappa shape index (κ3) is 4.78. The first-order chi connectivity index (χ1) is 9.66. The number of alkyl halides is 3. The number of halogens is 3. The van der Waals surface area contributed by atoms with E-state index >= 15 is 0 Å². The number of nitrogens with two attached hydrogens (primary N) is 1. The highest BCUT2D eigenvalue weighted by Crippen LogP contribution is 2.40. The molecule has 0 aromatic heterocycles. The van der Waals surface area contributed by atoms with Crippen LogP contribution >= 0.6 is 0 Å². The van der Waals surface area contributed by atoms with Crippen molar-refractivity contribution < 1.29 is 23.2 Å². The molecule has 3 N–H and O–H groups in total. The molecule has 1 aliphatic rings. The SMILES string of the molecule is CC(C)N(CC(N)=NO)C(=O)C1CCCC(C(F)(F)F)C1. The molecule has 0 heterocycles. The summed E-state index contributed by atoms with van der Waals surface area (Å²) >= 11 is 0. The molecule has 0 aromatic carbocycles. The van der Waals surface area contributed by atoms with Crippen LogP contribution in [0.15, 0.2) is 5.16 Å². The fraction of sp³-hybridized carbons (Fsp3) is 0.846. The summed E-state index contributed by atoms with van der Waals surface area (Å²) in [5, 5.41) is 11.4. The Morgan fingerprint density at radius 1 is 1.43 bits per heavy atom.